The smallest absolute Gasteiger partial charge is 0.462 e. The van der Waals surface area contributed by atoms with Gasteiger partial charge in [0.1, 0.15) is 5.82 Å². The van der Waals surface area contributed by atoms with Gasteiger partial charge in [0.25, 0.3) is 0 Å². The average molecular weight is 703 g/mol. The van der Waals surface area contributed by atoms with Crippen LogP contribution in [0.5, 0.6) is 0 Å². The molecule has 0 aliphatic carbocycles. The van der Waals surface area contributed by atoms with Crippen LogP contribution in [0.25, 0.3) is 22.3 Å². The van der Waals surface area contributed by atoms with Crippen LogP contribution in [0.2, 0.25) is 0 Å². The largest absolute Gasteiger partial charge is 0.517 e. The first kappa shape index (κ1) is 40.2. The van der Waals surface area contributed by atoms with Crippen molar-refractivity contribution in [3.05, 3.63) is 83.7 Å². The highest BCUT2D eigenvalue weighted by atomic mass is 19.4. The Morgan fingerprint density at radius 3 is 2.00 bits per heavy atom. The first-order valence-electron chi connectivity index (χ1n) is 17.3. The zero-order chi connectivity index (χ0) is 36.4. The van der Waals surface area contributed by atoms with Gasteiger partial charge in [-0.3, -0.25) is 0 Å². The van der Waals surface area contributed by atoms with Gasteiger partial charge in [0.05, 0.1) is 17.7 Å². The molecule has 3 aromatic rings. The van der Waals surface area contributed by atoms with Crippen LogP contribution in [0, 0.1) is 5.82 Å². The molecule has 0 spiro atoms. The summed E-state index contributed by atoms with van der Waals surface area (Å²) >= 11 is 0. The molecular weight excluding hydrogens is 656 g/mol. The van der Waals surface area contributed by atoms with Gasteiger partial charge in [0.15, 0.2) is 0 Å². The molecule has 11 heteroatoms. The number of unbranched alkanes of at least 4 members (excludes halogenated alkanes) is 8. The molecule has 0 radical (unpaired) electrons. The van der Waals surface area contributed by atoms with Crippen LogP contribution in [0.1, 0.15) is 105 Å². The molecule has 1 atom stereocenters. The first-order valence-corrected chi connectivity index (χ1v) is 17.3. The Labute approximate surface area is 291 Å². The Hall–Kier alpha value is -4.25. The van der Waals surface area contributed by atoms with Gasteiger partial charge in [-0.25, -0.2) is 18.8 Å². The summed E-state index contributed by atoms with van der Waals surface area (Å²) in [5.74, 6) is -3.03. The lowest BCUT2D eigenvalue weighted by atomic mass is 9.91. The van der Waals surface area contributed by atoms with E-state index in [9.17, 15) is 27.6 Å². The van der Waals surface area contributed by atoms with Crippen LogP contribution >= 0.6 is 0 Å². The molecule has 0 N–H and O–H groups in total. The minimum atomic E-state index is -4.89. The van der Waals surface area contributed by atoms with Crippen molar-refractivity contribution in [1.29, 1.82) is 0 Å². The lowest BCUT2D eigenvalue weighted by Gasteiger charge is -2.20. The van der Waals surface area contributed by atoms with E-state index in [1.165, 1.54) is 31.7 Å². The molecule has 0 aliphatic heterocycles. The molecule has 0 saturated heterocycles. The normalized spacial score (nSPS) is 12.0. The van der Waals surface area contributed by atoms with Crippen molar-refractivity contribution in [1.82, 2.24) is 0 Å². The van der Waals surface area contributed by atoms with E-state index in [4.69, 9.17) is 9.47 Å². The van der Waals surface area contributed by atoms with Crippen molar-refractivity contribution >= 4 is 18.1 Å². The van der Waals surface area contributed by atoms with E-state index in [2.05, 4.69) is 16.4 Å². The summed E-state index contributed by atoms with van der Waals surface area (Å²) < 4.78 is 76.4. The highest BCUT2D eigenvalue weighted by molar-refractivity contribution is 5.99. The van der Waals surface area contributed by atoms with E-state index in [-0.39, 0.29) is 12.0 Å². The van der Waals surface area contributed by atoms with Gasteiger partial charge in [-0.15, -0.1) is 0 Å². The van der Waals surface area contributed by atoms with Crippen molar-refractivity contribution in [2.24, 2.45) is 0 Å². The third-order valence-corrected chi connectivity index (χ3v) is 8.08. The maximum absolute atomic E-state index is 16.1. The van der Waals surface area contributed by atoms with Gasteiger partial charge in [-0.05, 0) is 67.5 Å². The number of rotatable bonds is 20. The molecule has 0 fully saturated rings. The van der Waals surface area contributed by atoms with E-state index in [0.717, 1.165) is 25.3 Å². The van der Waals surface area contributed by atoms with Gasteiger partial charge in [0.2, 0.25) is 6.10 Å². The van der Waals surface area contributed by atoms with E-state index in [1.807, 2.05) is 0 Å². The quantitative estimate of drug-likeness (QED) is 0.0501. The van der Waals surface area contributed by atoms with Crippen molar-refractivity contribution < 1.29 is 50.9 Å². The summed E-state index contributed by atoms with van der Waals surface area (Å²) in [6.07, 6.45) is -1.11. The van der Waals surface area contributed by atoms with Crippen LogP contribution in [-0.2, 0) is 18.9 Å². The maximum Gasteiger partial charge on any atom is 0.517 e. The lowest BCUT2D eigenvalue weighted by molar-refractivity contribution is -0.209. The number of halogens is 4. The van der Waals surface area contributed by atoms with E-state index < -0.39 is 48.2 Å². The second kappa shape index (κ2) is 21.1. The fraction of sp³-hybridized carbons (Fsp3) is 0.462. The molecule has 0 saturated carbocycles. The molecule has 50 heavy (non-hydrogen) atoms. The number of benzene rings is 3. The Bertz CT molecular complexity index is 1490. The fourth-order valence-corrected chi connectivity index (χ4v) is 5.37. The number of hydrogen-bond donors (Lipinski definition) is 0. The Morgan fingerprint density at radius 1 is 0.700 bits per heavy atom. The maximum atomic E-state index is 16.1. The summed E-state index contributed by atoms with van der Waals surface area (Å²) in [4.78, 5) is 37.8. The third kappa shape index (κ3) is 12.9. The molecule has 0 bridgehead atoms. The van der Waals surface area contributed by atoms with Gasteiger partial charge in [0, 0.05) is 18.8 Å². The number of alkyl halides is 3. The minimum Gasteiger partial charge on any atom is -0.462 e. The summed E-state index contributed by atoms with van der Waals surface area (Å²) in [6.45, 7) is 5.19. The molecule has 0 aliphatic rings. The summed E-state index contributed by atoms with van der Waals surface area (Å²) in [7, 11) is 0. The van der Waals surface area contributed by atoms with Gasteiger partial charge in [-0.1, -0.05) is 100 Å². The summed E-state index contributed by atoms with van der Waals surface area (Å²) in [5.41, 5.74) is 0.895. The Morgan fingerprint density at radius 2 is 1.34 bits per heavy atom. The van der Waals surface area contributed by atoms with Crippen LogP contribution in [0.3, 0.4) is 0 Å². The summed E-state index contributed by atoms with van der Waals surface area (Å²) in [5, 5.41) is 0. The van der Waals surface area contributed by atoms with Crippen LogP contribution in [0.15, 0.2) is 66.7 Å². The van der Waals surface area contributed by atoms with Gasteiger partial charge in [-0.2, -0.15) is 13.2 Å². The minimum absolute atomic E-state index is 0.0112. The number of ether oxygens (including phenoxy) is 4. The fourth-order valence-electron chi connectivity index (χ4n) is 5.37. The SMILES string of the molecule is CCCCCCCCCOC(=O)c1ccc(-c2ccc(C(=O)OC(=O)O[C@H](CCCCCOCC)C(F)(F)F)c(F)c2-c2ccccc2)cc1. The molecule has 0 amide bonds. The molecular formula is C39H46F4O7. The first-order chi connectivity index (χ1) is 24.1. The van der Waals surface area contributed by atoms with Crippen molar-refractivity contribution in [2.75, 3.05) is 19.8 Å². The molecule has 272 valence electrons. The third-order valence-electron chi connectivity index (χ3n) is 8.08. The van der Waals surface area contributed by atoms with E-state index in [1.54, 1.807) is 61.5 Å². The monoisotopic (exact) mass is 702 g/mol. The number of carbonyl (C=O) groups excluding carboxylic acids is 3. The van der Waals surface area contributed by atoms with Gasteiger partial charge < -0.3 is 18.9 Å². The van der Waals surface area contributed by atoms with E-state index >= 15 is 4.39 Å². The van der Waals surface area contributed by atoms with E-state index in [0.29, 0.717) is 54.9 Å². The van der Waals surface area contributed by atoms with Crippen molar-refractivity contribution in [3.8, 4) is 22.3 Å². The number of carbonyl (C=O) groups is 3. The number of hydrogen-bond acceptors (Lipinski definition) is 7. The average Bonchev–Trinajstić information content (AvgIpc) is 3.10. The molecule has 3 aromatic carbocycles. The molecule has 0 aromatic heterocycles. The topological polar surface area (TPSA) is 88.1 Å². The van der Waals surface area contributed by atoms with Gasteiger partial charge >= 0.3 is 24.3 Å². The zero-order valence-corrected chi connectivity index (χ0v) is 28.7. The lowest BCUT2D eigenvalue weighted by Crippen LogP contribution is -2.34. The summed E-state index contributed by atoms with van der Waals surface area (Å²) in [6, 6.07) is 17.2. The van der Waals surface area contributed by atoms with Crippen LogP contribution in [-0.4, -0.2) is 50.2 Å². The highest BCUT2D eigenvalue weighted by Gasteiger charge is 2.43. The standard InChI is InChI=1S/C39H46F4O7/c1-3-5-6-7-8-9-16-27-48-36(44)30-22-20-28(21-23-30)31-24-25-32(35(40)34(31)29-17-12-10-13-18-29)37(45)50-38(46)49-33(39(41,42)43)19-14-11-15-26-47-4-2/h10,12-13,17-18,20-25,33H,3-9,11,14-16,19,26-27H2,1-2H3/t33-/m1/s1. The predicted octanol–water partition coefficient (Wildman–Crippen LogP) is 10.9. The molecule has 0 unspecified atom stereocenters. The number of esters is 2. The Kier molecular flexibility index (Phi) is 16.9. The second-order valence-electron chi connectivity index (χ2n) is 11.9. The molecule has 7 nitrogen and oxygen atoms in total. The van der Waals surface area contributed by atoms with Crippen LogP contribution in [0.4, 0.5) is 22.4 Å². The van der Waals surface area contributed by atoms with Crippen molar-refractivity contribution in [3.63, 3.8) is 0 Å². The predicted molar refractivity (Wildman–Crippen MR) is 182 cm³/mol. The Balaban J connectivity index is 1.71. The molecule has 0 heterocycles. The highest BCUT2D eigenvalue weighted by Crippen LogP contribution is 2.36. The van der Waals surface area contributed by atoms with Crippen molar-refractivity contribution in [2.45, 2.75) is 96.8 Å². The van der Waals surface area contributed by atoms with Crippen LogP contribution < -0.4 is 0 Å². The zero-order valence-electron chi connectivity index (χ0n) is 28.7. The second-order valence-corrected chi connectivity index (χ2v) is 11.9. The molecule has 3 rings (SSSR count).